The van der Waals surface area contributed by atoms with Gasteiger partial charge in [-0.05, 0) is 25.0 Å². The van der Waals surface area contributed by atoms with Crippen molar-refractivity contribution in [2.75, 3.05) is 38.3 Å². The number of aromatic nitrogens is 3. The van der Waals surface area contributed by atoms with E-state index in [0.29, 0.717) is 18.4 Å². The molecule has 2 heterocycles. The average Bonchev–Trinajstić information content (AvgIpc) is 3.11. The molecule has 1 atom stereocenters. The van der Waals surface area contributed by atoms with Gasteiger partial charge < -0.3 is 14.4 Å². The molecule has 0 radical (unpaired) electrons. The highest BCUT2D eigenvalue weighted by atomic mass is 32.2. The van der Waals surface area contributed by atoms with Crippen LogP contribution in [0, 0.1) is 0 Å². The summed E-state index contributed by atoms with van der Waals surface area (Å²) in [5.74, 6) is 0.509. The van der Waals surface area contributed by atoms with Crippen molar-refractivity contribution in [2.45, 2.75) is 30.7 Å². The predicted octanol–water partition coefficient (Wildman–Crippen LogP) is 2.32. The molecule has 1 fully saturated rings. The summed E-state index contributed by atoms with van der Waals surface area (Å²) in [6.45, 7) is 6.82. The minimum Gasteiger partial charge on any atom is -0.468 e. The van der Waals surface area contributed by atoms with Crippen molar-refractivity contribution in [3.05, 3.63) is 29.8 Å². The van der Waals surface area contributed by atoms with E-state index in [1.54, 1.807) is 0 Å². The van der Waals surface area contributed by atoms with Crippen LogP contribution in [0.3, 0.4) is 0 Å². The number of aryl methyl sites for hydroxylation is 1. The molecule has 1 aromatic carbocycles. The number of esters is 1. The van der Waals surface area contributed by atoms with E-state index in [0.717, 1.165) is 31.1 Å². The molecule has 1 saturated heterocycles. The fraction of sp³-hybridized carbons (Fsp3) is 0.500. The summed E-state index contributed by atoms with van der Waals surface area (Å²) in [5.41, 5.74) is 2.25. The SMILES string of the molecule is CCc1ccccc1-n1c(S[C@@H](C)C(=O)OC)nnc1N1CCOCC1. The fourth-order valence-corrected chi connectivity index (χ4v) is 3.80. The minimum absolute atomic E-state index is 0.277. The van der Waals surface area contributed by atoms with Crippen LogP contribution in [0.5, 0.6) is 0 Å². The summed E-state index contributed by atoms with van der Waals surface area (Å²) in [4.78, 5) is 14.0. The summed E-state index contributed by atoms with van der Waals surface area (Å²) in [6, 6.07) is 8.22. The van der Waals surface area contributed by atoms with Crippen LogP contribution in [0.1, 0.15) is 19.4 Å². The molecule has 1 aliphatic heterocycles. The number of methoxy groups -OCH3 is 1. The third-order valence-electron chi connectivity index (χ3n) is 4.34. The van der Waals surface area contributed by atoms with Gasteiger partial charge in [0.2, 0.25) is 5.95 Å². The molecule has 26 heavy (non-hydrogen) atoms. The Balaban J connectivity index is 2.04. The molecular weight excluding hydrogens is 352 g/mol. The molecule has 0 saturated carbocycles. The Bertz CT molecular complexity index is 759. The lowest BCUT2D eigenvalue weighted by Crippen LogP contribution is -2.38. The smallest absolute Gasteiger partial charge is 0.318 e. The first kappa shape index (κ1) is 18.7. The number of anilines is 1. The predicted molar refractivity (Wildman–Crippen MR) is 101 cm³/mol. The number of ether oxygens (including phenoxy) is 2. The molecular formula is C18H24N4O3S. The largest absolute Gasteiger partial charge is 0.468 e. The highest BCUT2D eigenvalue weighted by molar-refractivity contribution is 8.00. The van der Waals surface area contributed by atoms with E-state index in [1.807, 2.05) is 23.6 Å². The second kappa shape index (κ2) is 8.55. The second-order valence-corrected chi connectivity index (χ2v) is 7.29. The number of para-hydroxylation sites is 1. The molecule has 8 heteroatoms. The number of hydrogen-bond acceptors (Lipinski definition) is 7. The van der Waals surface area contributed by atoms with Crippen LogP contribution in [0.15, 0.2) is 29.4 Å². The molecule has 140 valence electrons. The standard InChI is InChI=1S/C18H24N4O3S/c1-4-14-7-5-6-8-15(14)22-17(21-9-11-25-12-10-21)19-20-18(22)26-13(2)16(23)24-3/h5-8,13H,4,9-12H2,1-3H3/t13-/m0/s1. The van der Waals surface area contributed by atoms with E-state index in [-0.39, 0.29) is 11.2 Å². The molecule has 0 N–H and O–H groups in total. The van der Waals surface area contributed by atoms with Crippen molar-refractivity contribution >= 4 is 23.7 Å². The van der Waals surface area contributed by atoms with Crippen molar-refractivity contribution in [1.29, 1.82) is 0 Å². The highest BCUT2D eigenvalue weighted by Gasteiger charge is 2.25. The molecule has 0 bridgehead atoms. The Morgan fingerprint density at radius 3 is 2.73 bits per heavy atom. The van der Waals surface area contributed by atoms with Crippen molar-refractivity contribution < 1.29 is 14.3 Å². The molecule has 2 aromatic rings. The van der Waals surface area contributed by atoms with Crippen LogP contribution < -0.4 is 4.90 Å². The van der Waals surface area contributed by atoms with E-state index in [1.165, 1.54) is 24.4 Å². The number of hydrogen-bond donors (Lipinski definition) is 0. The maximum atomic E-state index is 11.9. The Hall–Kier alpha value is -2.06. The van der Waals surface area contributed by atoms with E-state index in [2.05, 4.69) is 34.2 Å². The van der Waals surface area contributed by atoms with E-state index in [4.69, 9.17) is 9.47 Å². The van der Waals surface area contributed by atoms with Crippen molar-refractivity contribution in [3.8, 4) is 5.69 Å². The van der Waals surface area contributed by atoms with Gasteiger partial charge in [-0.3, -0.25) is 9.36 Å². The van der Waals surface area contributed by atoms with Gasteiger partial charge in [0.25, 0.3) is 0 Å². The number of carbonyl (C=O) groups excluding carboxylic acids is 1. The van der Waals surface area contributed by atoms with Crippen LogP contribution in [0.4, 0.5) is 5.95 Å². The van der Waals surface area contributed by atoms with Crippen LogP contribution in [0.25, 0.3) is 5.69 Å². The van der Waals surface area contributed by atoms with E-state index >= 15 is 0 Å². The quantitative estimate of drug-likeness (QED) is 0.566. The molecule has 7 nitrogen and oxygen atoms in total. The Kier molecular flexibility index (Phi) is 6.16. The van der Waals surface area contributed by atoms with Crippen LogP contribution in [0.2, 0.25) is 0 Å². The fourth-order valence-electron chi connectivity index (χ4n) is 2.92. The first-order chi connectivity index (χ1) is 12.7. The number of morpholine rings is 1. The van der Waals surface area contributed by atoms with E-state index < -0.39 is 0 Å². The molecule has 0 unspecified atom stereocenters. The van der Waals surface area contributed by atoms with Crippen molar-refractivity contribution in [1.82, 2.24) is 14.8 Å². The van der Waals surface area contributed by atoms with Gasteiger partial charge in [0.05, 0.1) is 26.0 Å². The lowest BCUT2D eigenvalue weighted by Gasteiger charge is -2.28. The van der Waals surface area contributed by atoms with Gasteiger partial charge >= 0.3 is 5.97 Å². The number of nitrogens with zero attached hydrogens (tertiary/aromatic N) is 4. The maximum absolute atomic E-state index is 11.9. The van der Waals surface area contributed by atoms with E-state index in [9.17, 15) is 4.79 Å². The normalized spacial score (nSPS) is 15.7. The number of carbonyl (C=O) groups is 1. The van der Waals surface area contributed by atoms with Crippen LogP contribution >= 0.6 is 11.8 Å². The van der Waals surface area contributed by atoms with Gasteiger partial charge in [-0.25, -0.2) is 0 Å². The number of thioether (sulfide) groups is 1. The first-order valence-corrected chi connectivity index (χ1v) is 9.64. The molecule has 0 spiro atoms. The lowest BCUT2D eigenvalue weighted by molar-refractivity contribution is -0.139. The van der Waals surface area contributed by atoms with Gasteiger partial charge in [0, 0.05) is 13.1 Å². The molecule has 1 aromatic heterocycles. The zero-order chi connectivity index (χ0) is 18.5. The second-order valence-electron chi connectivity index (χ2n) is 5.98. The minimum atomic E-state index is -0.366. The summed E-state index contributed by atoms with van der Waals surface area (Å²) in [6.07, 6.45) is 0.896. The molecule has 1 aliphatic rings. The van der Waals surface area contributed by atoms with Gasteiger partial charge in [-0.2, -0.15) is 0 Å². The summed E-state index contributed by atoms with van der Waals surface area (Å²) >= 11 is 1.36. The van der Waals surface area contributed by atoms with Crippen molar-refractivity contribution in [3.63, 3.8) is 0 Å². The third-order valence-corrected chi connectivity index (χ3v) is 5.36. The van der Waals surface area contributed by atoms with Gasteiger partial charge in [0.15, 0.2) is 5.16 Å². The topological polar surface area (TPSA) is 69.5 Å². The monoisotopic (exact) mass is 376 g/mol. The maximum Gasteiger partial charge on any atom is 0.318 e. The third kappa shape index (κ3) is 3.86. The molecule has 0 amide bonds. The highest BCUT2D eigenvalue weighted by Crippen LogP contribution is 2.31. The van der Waals surface area contributed by atoms with Crippen LogP contribution in [-0.4, -0.2) is 59.4 Å². The Labute approximate surface area is 157 Å². The number of benzene rings is 1. The van der Waals surface area contributed by atoms with Crippen LogP contribution in [-0.2, 0) is 20.7 Å². The average molecular weight is 376 g/mol. The summed E-state index contributed by atoms with van der Waals surface area (Å²) in [5, 5.41) is 9.14. The Morgan fingerprint density at radius 1 is 1.31 bits per heavy atom. The molecule has 0 aliphatic carbocycles. The summed E-state index contributed by atoms with van der Waals surface area (Å²) in [7, 11) is 1.40. The van der Waals surface area contributed by atoms with Gasteiger partial charge in [-0.1, -0.05) is 36.9 Å². The van der Waals surface area contributed by atoms with Gasteiger partial charge in [0.1, 0.15) is 5.25 Å². The molecule has 3 rings (SSSR count). The zero-order valence-corrected chi connectivity index (χ0v) is 16.2. The number of rotatable bonds is 6. The lowest BCUT2D eigenvalue weighted by atomic mass is 10.1. The van der Waals surface area contributed by atoms with Gasteiger partial charge in [-0.15, -0.1) is 10.2 Å². The van der Waals surface area contributed by atoms with Crippen molar-refractivity contribution in [2.24, 2.45) is 0 Å². The zero-order valence-electron chi connectivity index (χ0n) is 15.3. The first-order valence-electron chi connectivity index (χ1n) is 8.76. The Morgan fingerprint density at radius 2 is 2.04 bits per heavy atom. The summed E-state index contributed by atoms with van der Waals surface area (Å²) < 4.78 is 12.4.